The van der Waals surface area contributed by atoms with Gasteiger partial charge in [0, 0.05) is 27.2 Å². The summed E-state index contributed by atoms with van der Waals surface area (Å²) in [5, 5.41) is 4.72. The Labute approximate surface area is 167 Å². The summed E-state index contributed by atoms with van der Waals surface area (Å²) in [6.45, 7) is 6.73. The minimum absolute atomic E-state index is 0.0206. The number of halogens is 1. The van der Waals surface area contributed by atoms with Crippen LogP contribution in [-0.2, 0) is 5.41 Å². The van der Waals surface area contributed by atoms with Gasteiger partial charge in [-0.05, 0) is 58.1 Å². The first-order valence-corrected chi connectivity index (χ1v) is 10.2. The summed E-state index contributed by atoms with van der Waals surface area (Å²) < 4.78 is 15.8. The molecule has 0 fully saturated rings. The van der Waals surface area contributed by atoms with E-state index in [1.54, 1.807) is 17.4 Å². The highest BCUT2D eigenvalue weighted by atomic mass is 32.1. The van der Waals surface area contributed by atoms with Crippen LogP contribution in [0.1, 0.15) is 26.3 Å². The van der Waals surface area contributed by atoms with Crippen molar-refractivity contribution < 1.29 is 4.39 Å². The van der Waals surface area contributed by atoms with Crippen molar-refractivity contribution in [3.8, 4) is 11.3 Å². The van der Waals surface area contributed by atoms with Crippen molar-refractivity contribution in [3.05, 3.63) is 78.2 Å². The highest BCUT2D eigenvalue weighted by molar-refractivity contribution is 7.26. The fourth-order valence-electron chi connectivity index (χ4n) is 3.95. The maximum absolute atomic E-state index is 13.7. The average Bonchev–Trinajstić information content (AvgIpc) is 3.03. The number of aromatic nitrogens is 1. The highest BCUT2D eigenvalue weighted by Crippen LogP contribution is 2.41. The van der Waals surface area contributed by atoms with Gasteiger partial charge in [0.05, 0.1) is 10.4 Å². The summed E-state index contributed by atoms with van der Waals surface area (Å²) in [7, 11) is 0. The fraction of sp³-hybridized carbons (Fsp3) is 0.160. The van der Waals surface area contributed by atoms with E-state index in [-0.39, 0.29) is 11.2 Å². The monoisotopic (exact) mass is 385 g/mol. The lowest BCUT2D eigenvalue weighted by Crippen LogP contribution is -2.12. The zero-order valence-electron chi connectivity index (χ0n) is 16.1. The molecule has 3 aromatic carbocycles. The number of nitrogens with zero attached hydrogens (tertiary/aromatic N) is 1. The first-order valence-electron chi connectivity index (χ1n) is 9.42. The van der Waals surface area contributed by atoms with Gasteiger partial charge in [0.1, 0.15) is 5.82 Å². The lowest BCUT2D eigenvalue weighted by atomic mass is 9.82. The number of rotatable bonds is 1. The van der Waals surface area contributed by atoms with Crippen LogP contribution in [0.5, 0.6) is 0 Å². The van der Waals surface area contributed by atoms with Crippen LogP contribution in [0.15, 0.2) is 66.9 Å². The molecule has 0 aliphatic carbocycles. The lowest BCUT2D eigenvalue weighted by molar-refractivity contribution is 0.596. The van der Waals surface area contributed by atoms with Gasteiger partial charge in [0.25, 0.3) is 0 Å². The van der Waals surface area contributed by atoms with Crippen LogP contribution >= 0.6 is 11.3 Å². The zero-order valence-corrected chi connectivity index (χ0v) is 16.9. The molecule has 0 atom stereocenters. The van der Waals surface area contributed by atoms with Crippen LogP contribution in [0, 0.1) is 5.82 Å². The molecule has 0 amide bonds. The average molecular weight is 386 g/mol. The van der Waals surface area contributed by atoms with Crippen molar-refractivity contribution in [1.29, 1.82) is 0 Å². The maximum Gasteiger partial charge on any atom is 0.124 e. The molecule has 0 spiro atoms. The summed E-state index contributed by atoms with van der Waals surface area (Å²) in [5.74, 6) is -0.200. The number of hydrogen-bond donors (Lipinski definition) is 0. The smallest absolute Gasteiger partial charge is 0.124 e. The van der Waals surface area contributed by atoms with E-state index >= 15 is 0 Å². The Bertz CT molecular complexity index is 1360. The maximum atomic E-state index is 13.7. The Kier molecular flexibility index (Phi) is 3.78. The molecular formula is C25H20FNS. The Hall–Kier alpha value is -2.78. The molecular weight excluding hydrogens is 365 g/mol. The number of benzene rings is 3. The third-order valence-electron chi connectivity index (χ3n) is 5.29. The molecule has 2 heterocycles. The first kappa shape index (κ1) is 17.3. The summed E-state index contributed by atoms with van der Waals surface area (Å²) >= 11 is 1.61. The van der Waals surface area contributed by atoms with Crippen molar-refractivity contribution in [2.45, 2.75) is 26.2 Å². The van der Waals surface area contributed by atoms with E-state index in [4.69, 9.17) is 4.98 Å². The Morgan fingerprint density at radius 1 is 0.857 bits per heavy atom. The second kappa shape index (κ2) is 6.11. The molecule has 0 saturated carbocycles. The first-order chi connectivity index (χ1) is 13.4. The molecule has 28 heavy (non-hydrogen) atoms. The number of thiophene rings is 1. The van der Waals surface area contributed by atoms with E-state index in [2.05, 4.69) is 57.2 Å². The number of fused-ring (bicyclic) bond motifs is 4. The van der Waals surface area contributed by atoms with E-state index in [9.17, 15) is 4.39 Å². The second-order valence-corrected chi connectivity index (χ2v) is 9.33. The van der Waals surface area contributed by atoms with Crippen molar-refractivity contribution in [2.75, 3.05) is 0 Å². The minimum atomic E-state index is -0.200. The van der Waals surface area contributed by atoms with E-state index in [1.807, 2.05) is 18.3 Å². The predicted octanol–water partition coefficient (Wildman–Crippen LogP) is 7.71. The van der Waals surface area contributed by atoms with Crippen molar-refractivity contribution >= 4 is 42.3 Å². The van der Waals surface area contributed by atoms with Crippen LogP contribution in [0.2, 0.25) is 0 Å². The molecule has 0 radical (unpaired) electrons. The Morgan fingerprint density at radius 2 is 1.68 bits per heavy atom. The van der Waals surface area contributed by atoms with E-state index < -0.39 is 0 Å². The van der Waals surface area contributed by atoms with Gasteiger partial charge in [-0.2, -0.15) is 0 Å². The highest BCUT2D eigenvalue weighted by Gasteiger charge is 2.20. The predicted molar refractivity (Wildman–Crippen MR) is 119 cm³/mol. The van der Waals surface area contributed by atoms with Gasteiger partial charge in [-0.3, -0.25) is 4.98 Å². The van der Waals surface area contributed by atoms with Gasteiger partial charge in [0.15, 0.2) is 0 Å². The Balaban J connectivity index is 1.85. The largest absolute Gasteiger partial charge is 0.255 e. The molecule has 1 nitrogen and oxygen atoms in total. The summed E-state index contributed by atoms with van der Waals surface area (Å²) in [4.78, 5) is 4.74. The van der Waals surface area contributed by atoms with Crippen molar-refractivity contribution in [1.82, 2.24) is 4.98 Å². The van der Waals surface area contributed by atoms with Gasteiger partial charge in [0.2, 0.25) is 0 Å². The lowest BCUT2D eigenvalue weighted by Gasteiger charge is -2.22. The zero-order chi connectivity index (χ0) is 19.5. The van der Waals surface area contributed by atoms with Gasteiger partial charge in [-0.25, -0.2) is 4.39 Å². The molecule has 0 bridgehead atoms. The minimum Gasteiger partial charge on any atom is -0.255 e. The van der Waals surface area contributed by atoms with Gasteiger partial charge >= 0.3 is 0 Å². The van der Waals surface area contributed by atoms with Crippen LogP contribution < -0.4 is 0 Å². The molecule has 0 aliphatic heterocycles. The molecule has 0 saturated heterocycles. The Morgan fingerprint density at radius 3 is 2.50 bits per heavy atom. The third-order valence-corrected chi connectivity index (χ3v) is 6.47. The molecule has 2 aromatic heterocycles. The van der Waals surface area contributed by atoms with Gasteiger partial charge in [-0.1, -0.05) is 45.0 Å². The van der Waals surface area contributed by atoms with Crippen LogP contribution in [-0.4, -0.2) is 4.98 Å². The quantitative estimate of drug-likeness (QED) is 0.288. The molecule has 138 valence electrons. The summed E-state index contributed by atoms with van der Waals surface area (Å²) in [5.41, 5.74) is 3.41. The summed E-state index contributed by atoms with van der Waals surface area (Å²) in [6.07, 6.45) is 1.86. The van der Waals surface area contributed by atoms with Crippen molar-refractivity contribution in [3.63, 3.8) is 0 Å². The molecule has 5 rings (SSSR count). The molecule has 5 aromatic rings. The fourth-order valence-corrected chi connectivity index (χ4v) is 5.18. The van der Waals surface area contributed by atoms with Crippen LogP contribution in [0.3, 0.4) is 0 Å². The van der Waals surface area contributed by atoms with E-state index in [1.165, 1.54) is 22.4 Å². The molecule has 3 heteroatoms. The summed E-state index contributed by atoms with van der Waals surface area (Å²) in [6, 6.07) is 20.1. The topological polar surface area (TPSA) is 12.9 Å². The molecule has 0 N–H and O–H groups in total. The van der Waals surface area contributed by atoms with Crippen molar-refractivity contribution in [2.24, 2.45) is 0 Å². The number of pyridine rings is 1. The SMILES string of the molecule is CC(C)(C)c1cc(-c2nccc3c2sc2cc(F)ccc23)cc2ccccc12. The standard InChI is InChI=1S/C25H20FNS/c1-25(2,3)21-13-16(12-15-6-4-5-7-18(15)21)23-24-20(10-11-27-23)19-9-8-17(26)14-22(19)28-24/h4-14H,1-3H3. The third kappa shape index (κ3) is 2.70. The van der Waals surface area contributed by atoms with Crippen LogP contribution in [0.4, 0.5) is 4.39 Å². The van der Waals surface area contributed by atoms with Gasteiger partial charge in [-0.15, -0.1) is 11.3 Å². The van der Waals surface area contributed by atoms with E-state index in [0.717, 1.165) is 31.4 Å². The second-order valence-electron chi connectivity index (χ2n) is 8.27. The molecule has 0 unspecified atom stereocenters. The van der Waals surface area contributed by atoms with Crippen LogP contribution in [0.25, 0.3) is 42.2 Å². The van der Waals surface area contributed by atoms with Gasteiger partial charge < -0.3 is 0 Å². The molecule has 0 aliphatic rings. The number of hydrogen-bond acceptors (Lipinski definition) is 2. The van der Waals surface area contributed by atoms with E-state index in [0.29, 0.717) is 0 Å². The normalized spacial score (nSPS) is 12.3.